The van der Waals surface area contributed by atoms with Crippen molar-refractivity contribution in [2.24, 2.45) is 0 Å². The van der Waals surface area contributed by atoms with Gasteiger partial charge in [0.2, 0.25) is 0 Å². The molecule has 0 radical (unpaired) electrons. The Morgan fingerprint density at radius 3 is 2.36 bits per heavy atom. The summed E-state index contributed by atoms with van der Waals surface area (Å²) in [4.78, 5) is 16.8. The lowest BCUT2D eigenvalue weighted by atomic mass is 10.1. The lowest BCUT2D eigenvalue weighted by Crippen LogP contribution is -2.30. The molecule has 1 amide bonds. The molecule has 0 spiro atoms. The molecule has 0 aliphatic heterocycles. The van der Waals surface area contributed by atoms with Crippen LogP contribution in [-0.2, 0) is 6.54 Å². The fourth-order valence-corrected chi connectivity index (χ4v) is 3.17. The summed E-state index contributed by atoms with van der Waals surface area (Å²) in [5.74, 6) is 0.966. The van der Waals surface area contributed by atoms with E-state index in [0.29, 0.717) is 19.2 Å². The quantitative estimate of drug-likeness (QED) is 0.555. The van der Waals surface area contributed by atoms with Crippen molar-refractivity contribution < 1.29 is 9.53 Å². The summed E-state index contributed by atoms with van der Waals surface area (Å²) in [6, 6.07) is 16.5. The van der Waals surface area contributed by atoms with Gasteiger partial charge in [-0.05, 0) is 63.1 Å². The number of ether oxygens (including phenoxy) is 1. The van der Waals surface area contributed by atoms with Gasteiger partial charge < -0.3 is 9.64 Å². The maximum Gasteiger partial charge on any atom is 0.253 e. The van der Waals surface area contributed by atoms with E-state index in [9.17, 15) is 4.79 Å². The lowest BCUT2D eigenvalue weighted by Gasteiger charge is -2.25. The van der Waals surface area contributed by atoms with Crippen molar-refractivity contribution in [3.8, 4) is 5.75 Å². The van der Waals surface area contributed by atoms with Crippen LogP contribution in [0.5, 0.6) is 5.75 Å². The van der Waals surface area contributed by atoms with Crippen LogP contribution in [0.1, 0.15) is 48.7 Å². The van der Waals surface area contributed by atoms with Crippen LogP contribution in [0.4, 0.5) is 0 Å². The third-order valence-electron chi connectivity index (χ3n) is 5.06. The van der Waals surface area contributed by atoms with Gasteiger partial charge in [0, 0.05) is 31.7 Å². The van der Waals surface area contributed by atoms with Crippen LogP contribution in [0.3, 0.4) is 0 Å². The Balaban J connectivity index is 1.81. The minimum Gasteiger partial charge on any atom is -0.493 e. The predicted molar refractivity (Wildman–Crippen MR) is 116 cm³/mol. The Labute approximate surface area is 170 Å². The molecule has 0 fully saturated rings. The second-order valence-corrected chi connectivity index (χ2v) is 7.55. The van der Waals surface area contributed by atoms with Crippen molar-refractivity contribution in [3.63, 3.8) is 0 Å². The first-order chi connectivity index (χ1) is 13.4. The van der Waals surface area contributed by atoms with Crippen molar-refractivity contribution in [2.45, 2.75) is 46.7 Å². The summed E-state index contributed by atoms with van der Waals surface area (Å²) in [5.41, 5.74) is 3.10. The van der Waals surface area contributed by atoms with Gasteiger partial charge in [0.25, 0.3) is 5.91 Å². The summed E-state index contributed by atoms with van der Waals surface area (Å²) in [7, 11) is 1.85. The first-order valence-corrected chi connectivity index (χ1v) is 10.2. The summed E-state index contributed by atoms with van der Waals surface area (Å²) in [5, 5.41) is 0. The number of amides is 1. The molecule has 2 rings (SSSR count). The number of para-hydroxylation sites is 1. The van der Waals surface area contributed by atoms with E-state index in [1.807, 2.05) is 50.4 Å². The third kappa shape index (κ3) is 6.38. The molecule has 0 aliphatic rings. The SMILES string of the molecule is CCN(Cc1ccc(C(=O)N(C)CCCOc2ccccc2C)cc1)C(C)C. The van der Waals surface area contributed by atoms with Crippen LogP contribution in [0, 0.1) is 6.92 Å². The van der Waals surface area contributed by atoms with Crippen LogP contribution in [0.15, 0.2) is 48.5 Å². The van der Waals surface area contributed by atoms with Crippen LogP contribution in [-0.4, -0.2) is 48.5 Å². The average Bonchev–Trinajstić information content (AvgIpc) is 2.70. The minimum atomic E-state index is 0.0543. The van der Waals surface area contributed by atoms with Crippen molar-refractivity contribution in [1.82, 2.24) is 9.80 Å². The second kappa shape index (κ2) is 10.9. The Morgan fingerprint density at radius 1 is 1.07 bits per heavy atom. The highest BCUT2D eigenvalue weighted by Gasteiger charge is 2.12. The zero-order valence-corrected chi connectivity index (χ0v) is 17.9. The molecule has 4 heteroatoms. The molecule has 28 heavy (non-hydrogen) atoms. The van der Waals surface area contributed by atoms with Gasteiger partial charge >= 0.3 is 0 Å². The number of nitrogens with zero attached hydrogens (tertiary/aromatic N) is 2. The van der Waals surface area contributed by atoms with Crippen molar-refractivity contribution >= 4 is 5.91 Å². The highest BCUT2D eigenvalue weighted by atomic mass is 16.5. The van der Waals surface area contributed by atoms with Crippen LogP contribution in [0.25, 0.3) is 0 Å². The fourth-order valence-electron chi connectivity index (χ4n) is 3.17. The van der Waals surface area contributed by atoms with Gasteiger partial charge in [-0.1, -0.05) is 37.3 Å². The molecule has 2 aromatic carbocycles. The van der Waals surface area contributed by atoms with E-state index >= 15 is 0 Å². The monoisotopic (exact) mass is 382 g/mol. The van der Waals surface area contributed by atoms with E-state index in [1.54, 1.807) is 4.90 Å². The number of rotatable bonds is 10. The maximum atomic E-state index is 12.6. The molecular formula is C24H34N2O2. The Hall–Kier alpha value is -2.33. The first-order valence-electron chi connectivity index (χ1n) is 10.2. The van der Waals surface area contributed by atoms with Gasteiger partial charge in [0.05, 0.1) is 6.61 Å². The van der Waals surface area contributed by atoms with Gasteiger partial charge in [0.1, 0.15) is 5.75 Å². The van der Waals surface area contributed by atoms with Crippen molar-refractivity contribution in [2.75, 3.05) is 26.7 Å². The van der Waals surface area contributed by atoms with Crippen LogP contribution in [0.2, 0.25) is 0 Å². The second-order valence-electron chi connectivity index (χ2n) is 7.55. The summed E-state index contributed by atoms with van der Waals surface area (Å²) >= 11 is 0. The van der Waals surface area contributed by atoms with Gasteiger partial charge in [-0.25, -0.2) is 0 Å². The fraction of sp³-hybridized carbons (Fsp3) is 0.458. The smallest absolute Gasteiger partial charge is 0.253 e. The normalized spacial score (nSPS) is 11.1. The Kier molecular flexibility index (Phi) is 8.52. The molecule has 0 saturated heterocycles. The van der Waals surface area contributed by atoms with E-state index in [0.717, 1.165) is 36.4 Å². The molecule has 152 valence electrons. The standard InChI is InChI=1S/C24H34N2O2/c1-6-26(19(2)3)18-21-12-14-22(15-13-21)24(27)25(5)16-9-17-28-23-11-8-7-10-20(23)4/h7-8,10-15,19H,6,9,16-18H2,1-5H3. The van der Waals surface area contributed by atoms with E-state index < -0.39 is 0 Å². The zero-order chi connectivity index (χ0) is 20.5. The van der Waals surface area contributed by atoms with Crippen molar-refractivity contribution in [3.05, 3.63) is 65.2 Å². The van der Waals surface area contributed by atoms with Crippen LogP contribution >= 0.6 is 0 Å². The maximum absolute atomic E-state index is 12.6. The third-order valence-corrected chi connectivity index (χ3v) is 5.06. The Morgan fingerprint density at radius 2 is 1.75 bits per heavy atom. The van der Waals surface area contributed by atoms with Gasteiger partial charge in [-0.15, -0.1) is 0 Å². The number of benzene rings is 2. The van der Waals surface area contributed by atoms with Gasteiger partial charge in [-0.2, -0.15) is 0 Å². The Bertz CT molecular complexity index is 741. The average molecular weight is 383 g/mol. The molecule has 0 saturated carbocycles. The number of hydrogen-bond acceptors (Lipinski definition) is 3. The molecule has 0 bridgehead atoms. The molecule has 2 aromatic rings. The minimum absolute atomic E-state index is 0.0543. The number of carbonyl (C=O) groups is 1. The van der Waals surface area contributed by atoms with Crippen LogP contribution < -0.4 is 4.74 Å². The first kappa shape index (κ1) is 22.0. The molecule has 0 aliphatic carbocycles. The molecular weight excluding hydrogens is 348 g/mol. The predicted octanol–water partition coefficient (Wildman–Crippen LogP) is 4.77. The van der Waals surface area contributed by atoms with Gasteiger partial charge in [-0.3, -0.25) is 9.69 Å². The highest BCUT2D eigenvalue weighted by molar-refractivity contribution is 5.94. The summed E-state index contributed by atoms with van der Waals surface area (Å²) < 4.78 is 5.81. The highest BCUT2D eigenvalue weighted by Crippen LogP contribution is 2.16. The van der Waals surface area contributed by atoms with Gasteiger partial charge in [0.15, 0.2) is 0 Å². The number of carbonyl (C=O) groups excluding carboxylic acids is 1. The lowest BCUT2D eigenvalue weighted by molar-refractivity contribution is 0.0787. The van der Waals surface area contributed by atoms with E-state index in [2.05, 4.69) is 37.8 Å². The topological polar surface area (TPSA) is 32.8 Å². The summed E-state index contributed by atoms with van der Waals surface area (Å²) in [6.07, 6.45) is 0.800. The van der Waals surface area contributed by atoms with E-state index in [4.69, 9.17) is 4.74 Å². The zero-order valence-electron chi connectivity index (χ0n) is 17.9. The molecule has 0 aromatic heterocycles. The van der Waals surface area contributed by atoms with E-state index in [1.165, 1.54) is 5.56 Å². The molecule has 0 N–H and O–H groups in total. The molecule has 4 nitrogen and oxygen atoms in total. The number of aryl methyl sites for hydroxylation is 1. The summed E-state index contributed by atoms with van der Waals surface area (Å²) in [6.45, 7) is 11.8. The van der Waals surface area contributed by atoms with Crippen molar-refractivity contribution in [1.29, 1.82) is 0 Å². The molecule has 0 atom stereocenters. The number of hydrogen-bond donors (Lipinski definition) is 0. The molecule has 0 unspecified atom stereocenters. The molecule has 0 heterocycles. The largest absolute Gasteiger partial charge is 0.493 e. The van der Waals surface area contributed by atoms with E-state index in [-0.39, 0.29) is 5.91 Å².